The van der Waals surface area contributed by atoms with Crippen molar-refractivity contribution in [3.63, 3.8) is 0 Å². The molecule has 1 heterocycles. The average Bonchev–Trinajstić information content (AvgIpc) is 2.77. The highest BCUT2D eigenvalue weighted by Crippen LogP contribution is 2.41. The molecule has 2 atom stereocenters. The first-order chi connectivity index (χ1) is 8.24. The fraction of sp³-hybridized carbons (Fsp3) is 0.462. The van der Waals surface area contributed by atoms with Crippen LogP contribution in [0.2, 0.25) is 0 Å². The van der Waals surface area contributed by atoms with Crippen LogP contribution in [0.5, 0.6) is 0 Å². The molecular weight excluding hydrogens is 255 g/mol. The van der Waals surface area contributed by atoms with Gasteiger partial charge < -0.3 is 10.6 Å². The number of fused-ring (bicyclic) bond motifs is 1. The van der Waals surface area contributed by atoms with Gasteiger partial charge in [0.25, 0.3) is 0 Å². The van der Waals surface area contributed by atoms with E-state index in [1.54, 1.807) is 12.1 Å². The summed E-state index contributed by atoms with van der Waals surface area (Å²) in [6.45, 7) is 2.04. The van der Waals surface area contributed by atoms with Crippen molar-refractivity contribution in [2.24, 2.45) is 11.8 Å². The molecule has 2 unspecified atom stereocenters. The fourth-order valence-electron chi connectivity index (χ4n) is 2.66. The van der Waals surface area contributed by atoms with Crippen LogP contribution in [0, 0.1) is 17.7 Å². The number of rotatable bonds is 3. The lowest BCUT2D eigenvalue weighted by Crippen LogP contribution is -2.33. The molecule has 1 aromatic carbocycles. The number of carbonyl (C=O) groups excluding carboxylic acids is 1. The van der Waals surface area contributed by atoms with Crippen molar-refractivity contribution in [3.8, 4) is 0 Å². The monoisotopic (exact) mass is 270 g/mol. The van der Waals surface area contributed by atoms with E-state index in [0.717, 1.165) is 18.7 Å². The van der Waals surface area contributed by atoms with Crippen LogP contribution in [0.15, 0.2) is 24.3 Å². The lowest BCUT2D eigenvalue weighted by atomic mass is 10.1. The minimum atomic E-state index is -0.267. The second-order valence-electron chi connectivity index (χ2n) is 4.88. The standard InChI is InChI=1S/C13H15FN2O.ClH/c14-9-3-1-8(2-4-9)5-12(17)16-13-10-6-15-7-11(10)13;/h1-4,10-11,13,15H,5-7H2,(H,16,17);1H. The molecule has 0 bridgehead atoms. The summed E-state index contributed by atoms with van der Waals surface area (Å²) in [6, 6.07) is 6.45. The largest absolute Gasteiger partial charge is 0.352 e. The number of benzene rings is 1. The third-order valence-corrected chi connectivity index (χ3v) is 3.70. The van der Waals surface area contributed by atoms with Gasteiger partial charge in [0.15, 0.2) is 0 Å². The topological polar surface area (TPSA) is 41.1 Å². The number of hydrogen-bond acceptors (Lipinski definition) is 2. The Morgan fingerprint density at radius 2 is 1.89 bits per heavy atom. The highest BCUT2D eigenvalue weighted by Gasteiger charge is 2.53. The van der Waals surface area contributed by atoms with Gasteiger partial charge in [-0.15, -0.1) is 12.4 Å². The summed E-state index contributed by atoms with van der Waals surface area (Å²) in [4.78, 5) is 11.8. The van der Waals surface area contributed by atoms with Gasteiger partial charge in [0.2, 0.25) is 5.91 Å². The maximum absolute atomic E-state index is 12.7. The summed E-state index contributed by atoms with van der Waals surface area (Å²) < 4.78 is 12.7. The van der Waals surface area contributed by atoms with E-state index in [1.165, 1.54) is 12.1 Å². The van der Waals surface area contributed by atoms with Gasteiger partial charge in [0, 0.05) is 19.1 Å². The second kappa shape index (κ2) is 5.24. The molecule has 2 fully saturated rings. The second-order valence-corrected chi connectivity index (χ2v) is 4.88. The molecule has 1 amide bonds. The lowest BCUT2D eigenvalue weighted by Gasteiger charge is -2.07. The van der Waals surface area contributed by atoms with Crippen molar-refractivity contribution in [1.82, 2.24) is 10.6 Å². The SMILES string of the molecule is Cl.O=C(Cc1ccc(F)cc1)NC1C2CNCC21. The Morgan fingerprint density at radius 3 is 2.50 bits per heavy atom. The zero-order chi connectivity index (χ0) is 11.8. The molecule has 1 saturated heterocycles. The van der Waals surface area contributed by atoms with Crippen LogP contribution in [0.3, 0.4) is 0 Å². The summed E-state index contributed by atoms with van der Waals surface area (Å²) in [6.07, 6.45) is 0.337. The Hall–Kier alpha value is -1.13. The average molecular weight is 271 g/mol. The Kier molecular flexibility index (Phi) is 3.88. The van der Waals surface area contributed by atoms with Gasteiger partial charge in [-0.3, -0.25) is 4.79 Å². The van der Waals surface area contributed by atoms with Crippen molar-refractivity contribution < 1.29 is 9.18 Å². The van der Waals surface area contributed by atoms with E-state index in [1.807, 2.05) is 0 Å². The molecule has 0 spiro atoms. The van der Waals surface area contributed by atoms with E-state index in [2.05, 4.69) is 10.6 Å². The number of nitrogens with one attached hydrogen (secondary N) is 2. The zero-order valence-electron chi connectivity index (χ0n) is 9.86. The highest BCUT2D eigenvalue weighted by molar-refractivity contribution is 5.85. The van der Waals surface area contributed by atoms with Gasteiger partial charge in [-0.05, 0) is 29.5 Å². The molecule has 3 rings (SSSR count). The molecule has 18 heavy (non-hydrogen) atoms. The van der Waals surface area contributed by atoms with Crippen molar-refractivity contribution in [2.45, 2.75) is 12.5 Å². The predicted molar refractivity (Wildman–Crippen MR) is 69.1 cm³/mol. The third kappa shape index (κ3) is 2.65. The van der Waals surface area contributed by atoms with Crippen molar-refractivity contribution >= 4 is 18.3 Å². The Labute approximate surface area is 112 Å². The van der Waals surface area contributed by atoms with E-state index in [0.29, 0.717) is 24.3 Å². The van der Waals surface area contributed by atoms with Gasteiger partial charge in [-0.25, -0.2) is 4.39 Å². The highest BCUT2D eigenvalue weighted by atomic mass is 35.5. The molecule has 1 aliphatic carbocycles. The van der Waals surface area contributed by atoms with Crippen LogP contribution < -0.4 is 10.6 Å². The van der Waals surface area contributed by atoms with Crippen LogP contribution in [0.25, 0.3) is 0 Å². The molecule has 5 heteroatoms. The maximum Gasteiger partial charge on any atom is 0.224 e. The number of carbonyl (C=O) groups is 1. The number of amides is 1. The van der Waals surface area contributed by atoms with Crippen molar-refractivity contribution in [3.05, 3.63) is 35.6 Å². The van der Waals surface area contributed by atoms with Crippen LogP contribution >= 0.6 is 12.4 Å². The number of piperidine rings is 1. The van der Waals surface area contributed by atoms with Gasteiger partial charge >= 0.3 is 0 Å². The predicted octanol–water partition coefficient (Wildman–Crippen LogP) is 1.12. The molecule has 2 aliphatic rings. The number of halogens is 2. The molecule has 3 nitrogen and oxygen atoms in total. The van der Waals surface area contributed by atoms with Crippen LogP contribution in [0.4, 0.5) is 4.39 Å². The summed E-state index contributed by atoms with van der Waals surface area (Å²) >= 11 is 0. The molecule has 0 aromatic heterocycles. The molecule has 2 N–H and O–H groups in total. The molecule has 98 valence electrons. The molecule has 1 aliphatic heterocycles. The van der Waals surface area contributed by atoms with E-state index < -0.39 is 0 Å². The van der Waals surface area contributed by atoms with Crippen LogP contribution in [0.1, 0.15) is 5.56 Å². The summed E-state index contributed by atoms with van der Waals surface area (Å²) in [5, 5.41) is 6.33. The molecular formula is C13H16ClFN2O. The van der Waals surface area contributed by atoms with E-state index >= 15 is 0 Å². The Balaban J connectivity index is 0.00000120. The van der Waals surface area contributed by atoms with E-state index in [-0.39, 0.29) is 24.1 Å². The third-order valence-electron chi connectivity index (χ3n) is 3.70. The van der Waals surface area contributed by atoms with Crippen LogP contribution in [-0.2, 0) is 11.2 Å². The van der Waals surface area contributed by atoms with Gasteiger partial charge in [0.05, 0.1) is 6.42 Å². The zero-order valence-corrected chi connectivity index (χ0v) is 10.7. The molecule has 1 aromatic rings. The van der Waals surface area contributed by atoms with Crippen molar-refractivity contribution in [2.75, 3.05) is 13.1 Å². The van der Waals surface area contributed by atoms with Gasteiger partial charge in [-0.2, -0.15) is 0 Å². The van der Waals surface area contributed by atoms with Crippen molar-refractivity contribution in [1.29, 1.82) is 0 Å². The van der Waals surface area contributed by atoms with Gasteiger partial charge in [-0.1, -0.05) is 12.1 Å². The quantitative estimate of drug-likeness (QED) is 0.864. The smallest absolute Gasteiger partial charge is 0.224 e. The first-order valence-corrected chi connectivity index (χ1v) is 5.98. The Bertz CT molecular complexity index is 427. The lowest BCUT2D eigenvalue weighted by molar-refractivity contribution is -0.120. The first-order valence-electron chi connectivity index (χ1n) is 5.98. The number of hydrogen-bond donors (Lipinski definition) is 2. The minimum absolute atomic E-state index is 0. The first kappa shape index (κ1) is 13.3. The molecule has 1 saturated carbocycles. The fourth-order valence-corrected chi connectivity index (χ4v) is 2.66. The summed E-state index contributed by atoms with van der Waals surface area (Å²) in [5.74, 6) is 1.03. The molecule has 0 radical (unpaired) electrons. The van der Waals surface area contributed by atoms with E-state index in [4.69, 9.17) is 0 Å². The Morgan fingerprint density at radius 1 is 1.28 bits per heavy atom. The maximum atomic E-state index is 12.7. The normalized spacial score (nSPS) is 28.2. The minimum Gasteiger partial charge on any atom is -0.352 e. The summed E-state index contributed by atoms with van der Waals surface area (Å²) in [7, 11) is 0. The van der Waals surface area contributed by atoms with Crippen LogP contribution in [-0.4, -0.2) is 25.0 Å². The van der Waals surface area contributed by atoms with E-state index in [9.17, 15) is 9.18 Å². The van der Waals surface area contributed by atoms with Gasteiger partial charge in [0.1, 0.15) is 5.82 Å². The summed E-state index contributed by atoms with van der Waals surface area (Å²) in [5.41, 5.74) is 0.854.